The number of likely N-dealkylation sites (N-methyl/N-ethyl adjacent to an activating group) is 1. The van der Waals surface area contributed by atoms with Crippen LogP contribution in [0.1, 0.15) is 0 Å². The maximum atomic E-state index is 3.68. The van der Waals surface area contributed by atoms with Crippen LogP contribution >= 0.6 is 12.4 Å². The zero-order valence-corrected chi connectivity index (χ0v) is 13.3. The molecule has 0 rings (SSSR count). The number of quaternary nitrogens is 1. The van der Waals surface area contributed by atoms with E-state index in [2.05, 4.69) is 45.7 Å². The normalized spacial score (nSPS) is 8.56. The number of nitrogens with zero attached hydrogens (tertiary/aromatic N) is 1. The van der Waals surface area contributed by atoms with Gasteiger partial charge >= 0.3 is 0 Å². The molecule has 0 aromatic rings. The van der Waals surface area contributed by atoms with Crippen LogP contribution in [0.2, 0.25) is 0 Å². The van der Waals surface area contributed by atoms with Gasteiger partial charge in [0.1, 0.15) is 0 Å². The summed E-state index contributed by atoms with van der Waals surface area (Å²) in [7, 11) is 4.31. The second-order valence-corrected chi connectivity index (χ2v) is 4.11. The molecule has 2 nitrogen and oxygen atoms in total. The highest BCUT2D eigenvalue weighted by atomic mass is 35.5. The van der Waals surface area contributed by atoms with Crippen LogP contribution in [0.5, 0.6) is 0 Å². The van der Waals surface area contributed by atoms with E-state index in [1.165, 1.54) is 0 Å². The highest BCUT2D eigenvalue weighted by Crippen LogP contribution is 1.95. The van der Waals surface area contributed by atoms with Crippen molar-refractivity contribution in [2.45, 2.75) is 0 Å². The van der Waals surface area contributed by atoms with Crippen molar-refractivity contribution in [3.8, 4) is 0 Å². The Labute approximate surface area is 126 Å². The van der Waals surface area contributed by atoms with Crippen molar-refractivity contribution in [3.63, 3.8) is 0 Å². The summed E-state index contributed by atoms with van der Waals surface area (Å²) in [6.45, 7) is 18.2. The SMILES string of the molecule is C=CCNCC=C.C=CC[N+](C)(C)CC=C.Cl.[Cl-]. The predicted molar refractivity (Wildman–Crippen MR) is 82.7 cm³/mol. The van der Waals surface area contributed by atoms with E-state index in [1.807, 2.05) is 24.3 Å². The first-order chi connectivity index (χ1) is 7.54. The lowest BCUT2D eigenvalue weighted by Gasteiger charge is -2.26. The van der Waals surface area contributed by atoms with Crippen LogP contribution < -0.4 is 17.7 Å². The number of halogens is 2. The molecule has 0 aliphatic rings. The van der Waals surface area contributed by atoms with E-state index in [4.69, 9.17) is 0 Å². The summed E-state index contributed by atoms with van der Waals surface area (Å²) in [4.78, 5) is 0. The Balaban J connectivity index is -0.000000100. The predicted octanol–water partition coefficient (Wildman–Crippen LogP) is -0.191. The van der Waals surface area contributed by atoms with E-state index in [-0.39, 0.29) is 24.8 Å². The summed E-state index contributed by atoms with van der Waals surface area (Å²) in [5, 5.41) is 3.05. The van der Waals surface area contributed by atoms with Crippen molar-refractivity contribution in [3.05, 3.63) is 50.6 Å². The Hall–Kier alpha value is -0.540. The molecule has 0 amide bonds. The molecule has 0 bridgehead atoms. The van der Waals surface area contributed by atoms with E-state index in [1.54, 1.807) is 0 Å². The van der Waals surface area contributed by atoms with Crippen LogP contribution in [0.25, 0.3) is 0 Å². The third-order valence-electron chi connectivity index (χ3n) is 1.82. The fraction of sp³-hybridized carbons (Fsp3) is 0.429. The van der Waals surface area contributed by atoms with Crippen molar-refractivity contribution in [1.82, 2.24) is 5.32 Å². The molecule has 0 saturated heterocycles. The fourth-order valence-electron chi connectivity index (χ4n) is 1.06. The van der Waals surface area contributed by atoms with Crippen LogP contribution in [0, 0.1) is 0 Å². The molecule has 0 aliphatic heterocycles. The maximum absolute atomic E-state index is 3.68. The van der Waals surface area contributed by atoms with Crippen molar-refractivity contribution in [2.24, 2.45) is 0 Å². The van der Waals surface area contributed by atoms with Crippen LogP contribution in [0.15, 0.2) is 50.6 Å². The largest absolute Gasteiger partial charge is 1.00 e. The smallest absolute Gasteiger partial charge is 0.0969 e. The molecule has 0 atom stereocenters. The van der Waals surface area contributed by atoms with E-state index in [0.717, 1.165) is 30.7 Å². The van der Waals surface area contributed by atoms with Gasteiger partial charge in [0.15, 0.2) is 0 Å². The van der Waals surface area contributed by atoms with Crippen molar-refractivity contribution >= 4 is 12.4 Å². The number of hydrogen-bond donors (Lipinski definition) is 1. The molecule has 0 aromatic heterocycles. The van der Waals surface area contributed by atoms with E-state index >= 15 is 0 Å². The Morgan fingerprint density at radius 1 is 0.833 bits per heavy atom. The average Bonchev–Trinajstić information content (AvgIpc) is 2.19. The summed E-state index contributed by atoms with van der Waals surface area (Å²) >= 11 is 0. The zero-order valence-electron chi connectivity index (χ0n) is 11.7. The van der Waals surface area contributed by atoms with Crippen molar-refractivity contribution in [2.75, 3.05) is 40.3 Å². The lowest BCUT2D eigenvalue weighted by atomic mass is 10.4. The molecule has 0 fully saturated rings. The zero-order chi connectivity index (χ0) is 12.9. The molecular formula is C14H28Cl2N2. The van der Waals surface area contributed by atoms with Gasteiger partial charge < -0.3 is 22.2 Å². The molecule has 0 heterocycles. The van der Waals surface area contributed by atoms with E-state index in [9.17, 15) is 0 Å². The first-order valence-electron chi connectivity index (χ1n) is 5.50. The highest BCUT2D eigenvalue weighted by molar-refractivity contribution is 5.85. The minimum Gasteiger partial charge on any atom is -1.00 e. The first kappa shape index (κ1) is 26.1. The van der Waals surface area contributed by atoms with Crippen LogP contribution in [-0.4, -0.2) is 44.8 Å². The maximum Gasteiger partial charge on any atom is 0.0969 e. The average molecular weight is 295 g/mol. The van der Waals surface area contributed by atoms with Crippen molar-refractivity contribution < 1.29 is 16.9 Å². The summed E-state index contributed by atoms with van der Waals surface area (Å²) in [6, 6.07) is 0. The van der Waals surface area contributed by atoms with Gasteiger partial charge in [0.2, 0.25) is 0 Å². The molecule has 18 heavy (non-hydrogen) atoms. The lowest BCUT2D eigenvalue weighted by molar-refractivity contribution is -0.878. The topological polar surface area (TPSA) is 12.0 Å². The number of nitrogens with one attached hydrogen (secondary N) is 1. The van der Waals surface area contributed by atoms with Gasteiger partial charge in [-0.3, -0.25) is 0 Å². The highest BCUT2D eigenvalue weighted by Gasteiger charge is 2.07. The van der Waals surface area contributed by atoms with Gasteiger partial charge in [-0.1, -0.05) is 25.3 Å². The third kappa shape index (κ3) is 24.6. The molecule has 0 aromatic carbocycles. The Kier molecular flexibility index (Phi) is 27.3. The molecule has 0 unspecified atom stereocenters. The van der Waals surface area contributed by atoms with Gasteiger partial charge in [-0.05, 0) is 12.2 Å². The molecule has 1 N–H and O–H groups in total. The minimum atomic E-state index is 0. The standard InChI is InChI=1S/C8H16N.C6H11N.2ClH/c1-5-7-9(3,4)8-6-2;1-3-5-7-6-4-2;;/h5-6H,1-2,7-8H2,3-4H3;3-4,7H,1-2,5-6H2;2*1H/q+1;;;/p-1. The monoisotopic (exact) mass is 294 g/mol. The van der Waals surface area contributed by atoms with E-state index in [0.29, 0.717) is 0 Å². The number of rotatable bonds is 8. The van der Waals surface area contributed by atoms with E-state index < -0.39 is 0 Å². The van der Waals surface area contributed by atoms with Gasteiger partial charge in [0.05, 0.1) is 27.2 Å². The second-order valence-electron chi connectivity index (χ2n) is 4.11. The van der Waals surface area contributed by atoms with Gasteiger partial charge in [-0.15, -0.1) is 25.6 Å². The van der Waals surface area contributed by atoms with Crippen molar-refractivity contribution in [1.29, 1.82) is 0 Å². The summed E-state index contributed by atoms with van der Waals surface area (Å²) in [6.07, 6.45) is 7.51. The second kappa shape index (κ2) is 18.8. The molecule has 4 heteroatoms. The quantitative estimate of drug-likeness (QED) is 0.372. The third-order valence-corrected chi connectivity index (χ3v) is 1.82. The Morgan fingerprint density at radius 3 is 1.39 bits per heavy atom. The van der Waals surface area contributed by atoms with Crippen LogP contribution in [-0.2, 0) is 0 Å². The first-order valence-corrected chi connectivity index (χ1v) is 5.50. The molecule has 108 valence electrons. The van der Waals surface area contributed by atoms with Crippen LogP contribution in [0.3, 0.4) is 0 Å². The molecule has 0 aliphatic carbocycles. The fourth-order valence-corrected chi connectivity index (χ4v) is 1.06. The summed E-state index contributed by atoms with van der Waals surface area (Å²) in [5.74, 6) is 0. The summed E-state index contributed by atoms with van der Waals surface area (Å²) in [5.41, 5.74) is 0. The molecular weight excluding hydrogens is 267 g/mol. The molecule has 0 spiro atoms. The van der Waals surface area contributed by atoms with Gasteiger partial charge in [-0.25, -0.2) is 0 Å². The summed E-state index contributed by atoms with van der Waals surface area (Å²) < 4.78 is 0.951. The molecule has 0 saturated carbocycles. The van der Waals surface area contributed by atoms with Gasteiger partial charge in [-0.2, -0.15) is 0 Å². The molecule has 0 radical (unpaired) electrons. The van der Waals surface area contributed by atoms with Gasteiger partial charge in [0.25, 0.3) is 0 Å². The minimum absolute atomic E-state index is 0. The Morgan fingerprint density at radius 2 is 1.17 bits per heavy atom. The Bertz CT molecular complexity index is 194. The lowest BCUT2D eigenvalue weighted by Crippen LogP contribution is -3.00. The van der Waals surface area contributed by atoms with Gasteiger partial charge in [0, 0.05) is 13.1 Å². The number of hydrogen-bond acceptors (Lipinski definition) is 1. The van der Waals surface area contributed by atoms with Crippen LogP contribution in [0.4, 0.5) is 0 Å².